The number of benzene rings is 2. The Labute approximate surface area is 124 Å². The van der Waals surface area contributed by atoms with E-state index in [-0.39, 0.29) is 5.56 Å². The van der Waals surface area contributed by atoms with Gasteiger partial charge in [-0.05, 0) is 29.8 Å². The molecule has 21 heavy (non-hydrogen) atoms. The van der Waals surface area contributed by atoms with Crippen LogP contribution in [0.15, 0.2) is 47.4 Å². The molecule has 0 aliphatic rings. The molecule has 0 spiro atoms. The summed E-state index contributed by atoms with van der Waals surface area (Å²) in [6.07, 6.45) is 0. The Kier molecular flexibility index (Phi) is 4.44. The SMILES string of the molecule is Nc1ccc(SCc2cccc([N+](=O)[O-])c2C(=O)O)cc1. The zero-order valence-corrected chi connectivity index (χ0v) is 11.7. The van der Waals surface area contributed by atoms with E-state index >= 15 is 0 Å². The first kappa shape index (κ1) is 14.9. The Hall–Kier alpha value is -2.54. The second-order valence-corrected chi connectivity index (χ2v) is 5.28. The van der Waals surface area contributed by atoms with Crippen LogP contribution in [0.3, 0.4) is 0 Å². The van der Waals surface area contributed by atoms with Crippen molar-refractivity contribution in [1.29, 1.82) is 0 Å². The maximum absolute atomic E-state index is 11.3. The van der Waals surface area contributed by atoms with Crippen LogP contribution in [0.25, 0.3) is 0 Å². The standard InChI is InChI=1S/C14H12N2O4S/c15-10-4-6-11(7-5-10)21-8-9-2-1-3-12(16(19)20)13(9)14(17)18/h1-7H,8,15H2,(H,17,18). The monoisotopic (exact) mass is 304 g/mol. The molecule has 6 nitrogen and oxygen atoms in total. The fraction of sp³-hybridized carbons (Fsp3) is 0.0714. The largest absolute Gasteiger partial charge is 0.477 e. The summed E-state index contributed by atoms with van der Waals surface area (Å²) in [5.41, 5.74) is 5.99. The minimum absolute atomic E-state index is 0.259. The Morgan fingerprint density at radius 2 is 1.90 bits per heavy atom. The predicted octanol–water partition coefficient (Wildman–Crippen LogP) is 3.17. The number of hydrogen-bond donors (Lipinski definition) is 2. The first-order valence-corrected chi connectivity index (χ1v) is 6.95. The van der Waals surface area contributed by atoms with E-state index in [1.807, 2.05) is 12.1 Å². The summed E-state index contributed by atoms with van der Waals surface area (Å²) in [7, 11) is 0. The van der Waals surface area contributed by atoms with Gasteiger partial charge in [0.05, 0.1) is 4.92 Å². The van der Waals surface area contributed by atoms with Crippen molar-refractivity contribution < 1.29 is 14.8 Å². The van der Waals surface area contributed by atoms with Gasteiger partial charge in [0.25, 0.3) is 5.69 Å². The zero-order chi connectivity index (χ0) is 15.4. The summed E-state index contributed by atoms with van der Waals surface area (Å²) < 4.78 is 0. The number of nitrogens with zero attached hydrogens (tertiary/aromatic N) is 1. The first-order chi connectivity index (χ1) is 9.99. The molecule has 0 bridgehead atoms. The number of carboxylic acid groups (broad SMARTS) is 1. The molecule has 2 aromatic rings. The molecule has 3 N–H and O–H groups in total. The van der Waals surface area contributed by atoms with Gasteiger partial charge < -0.3 is 10.8 Å². The van der Waals surface area contributed by atoms with Crippen LogP contribution in [0.4, 0.5) is 11.4 Å². The van der Waals surface area contributed by atoms with Gasteiger partial charge in [-0.2, -0.15) is 0 Å². The first-order valence-electron chi connectivity index (χ1n) is 5.97. The Balaban J connectivity index is 2.27. The third kappa shape index (κ3) is 3.51. The van der Waals surface area contributed by atoms with Crippen molar-refractivity contribution in [2.24, 2.45) is 0 Å². The smallest absolute Gasteiger partial charge is 0.343 e. The molecule has 108 valence electrons. The van der Waals surface area contributed by atoms with Gasteiger partial charge >= 0.3 is 5.97 Å². The number of nitro benzene ring substituents is 1. The van der Waals surface area contributed by atoms with Gasteiger partial charge in [-0.1, -0.05) is 12.1 Å². The lowest BCUT2D eigenvalue weighted by molar-refractivity contribution is -0.385. The average molecular weight is 304 g/mol. The molecule has 0 aromatic heterocycles. The number of nitrogens with two attached hydrogens (primary N) is 1. The van der Waals surface area contributed by atoms with Crippen molar-refractivity contribution >= 4 is 29.1 Å². The minimum atomic E-state index is -1.30. The predicted molar refractivity (Wildman–Crippen MR) is 80.5 cm³/mol. The van der Waals surface area contributed by atoms with Gasteiger partial charge in [0.2, 0.25) is 0 Å². The molecular formula is C14H12N2O4S. The number of aromatic carboxylic acids is 1. The molecule has 0 unspecified atom stereocenters. The number of thioether (sulfide) groups is 1. The van der Waals surface area contributed by atoms with Gasteiger partial charge in [-0.3, -0.25) is 10.1 Å². The highest BCUT2D eigenvalue weighted by Gasteiger charge is 2.23. The second-order valence-electron chi connectivity index (χ2n) is 4.23. The van der Waals surface area contributed by atoms with E-state index in [9.17, 15) is 20.0 Å². The van der Waals surface area contributed by atoms with E-state index < -0.39 is 16.6 Å². The van der Waals surface area contributed by atoms with E-state index in [1.165, 1.54) is 23.9 Å². The van der Waals surface area contributed by atoms with Crippen LogP contribution in [-0.4, -0.2) is 16.0 Å². The van der Waals surface area contributed by atoms with Gasteiger partial charge in [-0.25, -0.2) is 4.79 Å². The molecule has 7 heteroatoms. The fourth-order valence-corrected chi connectivity index (χ4v) is 2.72. The second kappa shape index (κ2) is 6.27. The van der Waals surface area contributed by atoms with Crippen molar-refractivity contribution in [3.63, 3.8) is 0 Å². The molecule has 2 rings (SSSR count). The van der Waals surface area contributed by atoms with Crippen LogP contribution in [0.1, 0.15) is 15.9 Å². The highest BCUT2D eigenvalue weighted by atomic mass is 32.2. The fourth-order valence-electron chi connectivity index (χ4n) is 1.83. The van der Waals surface area contributed by atoms with Gasteiger partial charge in [-0.15, -0.1) is 11.8 Å². The maximum atomic E-state index is 11.3. The molecule has 0 amide bonds. The average Bonchev–Trinajstić information content (AvgIpc) is 2.46. The highest BCUT2D eigenvalue weighted by molar-refractivity contribution is 7.98. The van der Waals surface area contributed by atoms with Crippen LogP contribution < -0.4 is 5.73 Å². The van der Waals surface area contributed by atoms with E-state index in [2.05, 4.69) is 0 Å². The van der Waals surface area contributed by atoms with Gasteiger partial charge in [0.15, 0.2) is 0 Å². The van der Waals surface area contributed by atoms with E-state index in [0.717, 1.165) is 4.90 Å². The zero-order valence-electron chi connectivity index (χ0n) is 10.9. The van der Waals surface area contributed by atoms with E-state index in [0.29, 0.717) is 17.0 Å². The number of nitro groups is 1. The number of nitrogen functional groups attached to an aromatic ring is 1. The molecule has 0 aliphatic carbocycles. The third-order valence-corrected chi connectivity index (χ3v) is 3.87. The van der Waals surface area contributed by atoms with E-state index in [1.54, 1.807) is 18.2 Å². The van der Waals surface area contributed by atoms with Crippen molar-refractivity contribution in [2.45, 2.75) is 10.6 Å². The van der Waals surface area contributed by atoms with E-state index in [4.69, 9.17) is 5.73 Å². The Morgan fingerprint density at radius 1 is 1.24 bits per heavy atom. The lowest BCUT2D eigenvalue weighted by atomic mass is 10.1. The van der Waals surface area contributed by atoms with Crippen LogP contribution in [-0.2, 0) is 5.75 Å². The molecule has 0 radical (unpaired) electrons. The third-order valence-electron chi connectivity index (χ3n) is 2.81. The van der Waals surface area contributed by atoms with Gasteiger partial charge in [0, 0.05) is 22.4 Å². The summed E-state index contributed by atoms with van der Waals surface area (Å²) in [5.74, 6) is -0.969. The summed E-state index contributed by atoms with van der Waals surface area (Å²) in [6, 6.07) is 11.4. The molecule has 0 saturated heterocycles. The van der Waals surface area contributed by atoms with Crippen LogP contribution in [0.5, 0.6) is 0 Å². The van der Waals surface area contributed by atoms with Crippen LogP contribution >= 0.6 is 11.8 Å². The van der Waals surface area contributed by atoms with Crippen molar-refractivity contribution in [1.82, 2.24) is 0 Å². The van der Waals surface area contributed by atoms with Crippen molar-refractivity contribution in [2.75, 3.05) is 5.73 Å². The summed E-state index contributed by atoms with van der Waals surface area (Å²) in [4.78, 5) is 22.4. The minimum Gasteiger partial charge on any atom is -0.477 e. The van der Waals surface area contributed by atoms with Crippen molar-refractivity contribution in [3.8, 4) is 0 Å². The molecule has 2 aromatic carbocycles. The summed E-state index contributed by atoms with van der Waals surface area (Å²) in [6.45, 7) is 0. The van der Waals surface area contributed by atoms with Crippen molar-refractivity contribution in [3.05, 3.63) is 63.7 Å². The maximum Gasteiger partial charge on any atom is 0.343 e. The Morgan fingerprint density at radius 3 is 2.48 bits per heavy atom. The van der Waals surface area contributed by atoms with Crippen LogP contribution in [0, 0.1) is 10.1 Å². The number of carboxylic acids is 1. The van der Waals surface area contributed by atoms with Crippen LogP contribution in [0.2, 0.25) is 0 Å². The normalized spacial score (nSPS) is 10.3. The summed E-state index contributed by atoms with van der Waals surface area (Å²) >= 11 is 1.39. The topological polar surface area (TPSA) is 106 Å². The molecular weight excluding hydrogens is 292 g/mol. The molecule has 0 fully saturated rings. The number of hydrogen-bond acceptors (Lipinski definition) is 5. The quantitative estimate of drug-likeness (QED) is 0.380. The number of carbonyl (C=O) groups is 1. The number of rotatable bonds is 5. The summed E-state index contributed by atoms with van der Waals surface area (Å²) in [5, 5.41) is 20.1. The Bertz CT molecular complexity index is 686. The molecule has 0 atom stereocenters. The molecule has 0 aliphatic heterocycles. The number of anilines is 1. The lowest BCUT2D eigenvalue weighted by Crippen LogP contribution is -2.06. The van der Waals surface area contributed by atoms with Gasteiger partial charge in [0.1, 0.15) is 5.56 Å². The molecule has 0 saturated carbocycles. The highest BCUT2D eigenvalue weighted by Crippen LogP contribution is 2.29. The lowest BCUT2D eigenvalue weighted by Gasteiger charge is -2.07. The molecule has 0 heterocycles.